The Labute approximate surface area is 574 Å². The Morgan fingerprint density at radius 3 is 2.22 bits per heavy atom. The van der Waals surface area contributed by atoms with E-state index in [0.717, 1.165) is 18.2 Å². The molecule has 0 radical (unpaired) electrons. The second kappa shape index (κ2) is 28.8. The van der Waals surface area contributed by atoms with E-state index < -0.39 is 100 Å². The van der Waals surface area contributed by atoms with Crippen molar-refractivity contribution in [1.29, 1.82) is 0 Å². The van der Waals surface area contributed by atoms with Crippen molar-refractivity contribution in [1.82, 2.24) is 14.9 Å². The van der Waals surface area contributed by atoms with Gasteiger partial charge in [-0.15, -0.1) is 23.7 Å². The highest BCUT2D eigenvalue weighted by Gasteiger charge is 2.57. The molecular weight excluding hydrogens is 1320 g/mol. The van der Waals surface area contributed by atoms with Gasteiger partial charge in [0.15, 0.2) is 12.1 Å². The number of halogens is 1. The number of aromatic nitrogens is 2. The number of benzene rings is 4. The van der Waals surface area contributed by atoms with Gasteiger partial charge in [-0.05, 0) is 152 Å². The molecule has 8 N–H and O–H groups in total. The lowest BCUT2D eigenvalue weighted by molar-refractivity contribution is -0.341. The van der Waals surface area contributed by atoms with Gasteiger partial charge in [-0.3, -0.25) is 29.3 Å². The van der Waals surface area contributed by atoms with Gasteiger partial charge in [0.05, 0.1) is 77.9 Å². The topological polar surface area (TPSA) is 368 Å². The van der Waals surface area contributed by atoms with Crippen molar-refractivity contribution in [3.05, 3.63) is 137 Å². The zero-order valence-corrected chi connectivity index (χ0v) is 58.0. The number of allylic oxidation sites excluding steroid dienone is 2. The molecular formula is C70H81ClN4O22S. The minimum Gasteiger partial charge on any atom is -0.507 e. The van der Waals surface area contributed by atoms with Crippen LogP contribution in [0.15, 0.2) is 59.5 Å². The number of methoxy groups -OCH3 is 5. The number of hydrogen-bond donors (Lipinski definition) is 8. The number of rotatable bonds is 15. The van der Waals surface area contributed by atoms with Gasteiger partial charge >= 0.3 is 24.0 Å². The summed E-state index contributed by atoms with van der Waals surface area (Å²) >= 11 is 1.40. The second-order valence-corrected chi connectivity index (χ2v) is 26.9. The zero-order chi connectivity index (χ0) is 70.7. The molecule has 1 amide bonds. The van der Waals surface area contributed by atoms with Crippen molar-refractivity contribution < 1.29 is 107 Å². The fourth-order valence-electron chi connectivity index (χ4n) is 14.5. The highest BCUT2D eigenvalue weighted by molar-refractivity contribution is 7.12. The van der Waals surface area contributed by atoms with Crippen LogP contribution in [-0.4, -0.2) is 184 Å². The molecule has 98 heavy (non-hydrogen) atoms. The lowest BCUT2D eigenvalue weighted by Crippen LogP contribution is -2.66. The third-order valence-electron chi connectivity index (χ3n) is 19.2. The first kappa shape index (κ1) is 73.9. The summed E-state index contributed by atoms with van der Waals surface area (Å²) in [5.41, 5.74) is 1.08. The number of carbonyl (C=O) groups is 7. The molecule has 26 nitrogen and oxygen atoms in total. The monoisotopic (exact) mass is 1400 g/mol. The Morgan fingerprint density at radius 2 is 1.59 bits per heavy atom. The van der Waals surface area contributed by atoms with Crippen LogP contribution >= 0.6 is 23.7 Å². The van der Waals surface area contributed by atoms with Gasteiger partial charge in [0.1, 0.15) is 58.9 Å². The number of amides is 1. The van der Waals surface area contributed by atoms with Crippen molar-refractivity contribution in [3.63, 3.8) is 0 Å². The van der Waals surface area contributed by atoms with E-state index in [-0.39, 0.29) is 100 Å². The lowest BCUT2D eigenvalue weighted by atomic mass is 9.67. The van der Waals surface area contributed by atoms with Crippen LogP contribution in [-0.2, 0) is 72.5 Å². The molecule has 4 aromatic carbocycles. The predicted octanol–water partition coefficient (Wildman–Crippen LogP) is 8.94. The van der Waals surface area contributed by atoms with Gasteiger partial charge in [0, 0.05) is 66.5 Å². The number of aromatic amines is 1. The first-order valence-electron chi connectivity index (χ1n) is 31.3. The number of aliphatic hydroxyl groups is 2. The Balaban J connectivity index is 0.000000205. The van der Waals surface area contributed by atoms with Crippen molar-refractivity contribution in [3.8, 4) is 23.0 Å². The van der Waals surface area contributed by atoms with E-state index >= 15 is 0 Å². The van der Waals surface area contributed by atoms with E-state index in [4.69, 9.17) is 43.0 Å². The standard InChI is InChI=1S/C39H49NO13.C17H20O6.C14H11N3O3S.ClH/c1-16-33(48-7)39(4,47)34(49-8)36(51-16)52-24-15-37(2,46)29(35(45)50-9)20-12-21-27(31(43)25(20)24)32(44)28-23(41)13-22-19(26(28)30(21)42)11-18-10-17(40(5)6)14-38(22,3)53-18;1-9(5-7-13(18)19)4-6-11-15(20)14-12(8-23-17(14)21)10(2)16(11)22-3;1-20-14(19)17-13-15-9-5-4-8(7-10(9)16-13)12(18)11-3-2-6-21-11;/h12-13,16-18,24,29,33-34,36,41,43,46-47H,10-11,14-15H2,1-9H3;4,20H,5-8H2,1-3H3,(H,18,19);2-7H,1H3,(H2,15,16,17,19);1H/b;9-4+;;/t16-,17-,18+,24-,29-,33-,34-,36-,37-,38-,39+;;;/m0.../s1. The summed E-state index contributed by atoms with van der Waals surface area (Å²) < 4.78 is 50.2. The number of carbonyl (C=O) groups excluding carboxylic acids is 6. The molecule has 2 bridgehead atoms. The number of fused-ring (bicyclic) bond motifs is 10. The number of hydrogen-bond acceptors (Lipinski definition) is 24. The third kappa shape index (κ3) is 13.6. The number of esters is 2. The maximum absolute atomic E-state index is 14.8. The summed E-state index contributed by atoms with van der Waals surface area (Å²) in [4.78, 5) is 98.5. The quantitative estimate of drug-likeness (QED) is 0.0205. The van der Waals surface area contributed by atoms with Gasteiger partial charge in [0.2, 0.25) is 17.5 Å². The smallest absolute Gasteiger partial charge is 0.413 e. The van der Waals surface area contributed by atoms with Crippen molar-refractivity contribution in [2.75, 3.05) is 55.0 Å². The average molecular weight is 1400 g/mol. The van der Waals surface area contributed by atoms with Crippen LogP contribution in [0.5, 0.6) is 23.0 Å². The number of aromatic hydroxyl groups is 3. The van der Waals surface area contributed by atoms with E-state index in [2.05, 4.69) is 24.9 Å². The molecule has 2 aliphatic carbocycles. The minimum atomic E-state index is -1.85. The first-order valence-corrected chi connectivity index (χ1v) is 32.2. The van der Waals surface area contributed by atoms with Gasteiger partial charge in [-0.25, -0.2) is 14.6 Å². The van der Waals surface area contributed by atoms with E-state index in [1.807, 2.05) is 52.4 Å². The number of phenolic OH excluding ortho intramolecular Hbond substituents is 3. The maximum atomic E-state index is 14.8. The number of cyclic esters (lactones) is 1. The average Bonchev–Trinajstić information content (AvgIpc) is 0.908. The summed E-state index contributed by atoms with van der Waals surface area (Å²) in [7, 11) is 10.7. The number of carboxylic acid groups (broad SMARTS) is 1. The summed E-state index contributed by atoms with van der Waals surface area (Å²) in [5, 5.41) is 70.5. The molecule has 12 rings (SSSR count). The predicted molar refractivity (Wildman–Crippen MR) is 356 cm³/mol. The van der Waals surface area contributed by atoms with Crippen LogP contribution in [0.3, 0.4) is 0 Å². The number of thiophene rings is 1. The van der Waals surface area contributed by atoms with Crippen LogP contribution < -0.4 is 10.1 Å². The van der Waals surface area contributed by atoms with Crippen molar-refractivity contribution in [2.45, 2.75) is 159 Å². The summed E-state index contributed by atoms with van der Waals surface area (Å²) in [6, 6.07) is 11.8. The first-order chi connectivity index (χ1) is 45.8. The van der Waals surface area contributed by atoms with Crippen LogP contribution in [0.2, 0.25) is 0 Å². The summed E-state index contributed by atoms with van der Waals surface area (Å²) in [5.74, 6) is -5.44. The molecule has 2 aromatic heterocycles. The highest BCUT2D eigenvalue weighted by atomic mass is 35.5. The fourth-order valence-corrected chi connectivity index (χ4v) is 15.2. The van der Waals surface area contributed by atoms with Gasteiger partial charge in [-0.2, -0.15) is 0 Å². The number of ketones is 3. The summed E-state index contributed by atoms with van der Waals surface area (Å²) in [6.45, 7) is 10.3. The number of nitrogens with one attached hydrogen (secondary N) is 2. The van der Waals surface area contributed by atoms with E-state index in [0.29, 0.717) is 81.6 Å². The zero-order valence-electron chi connectivity index (χ0n) is 56.4. The number of imidazole rings is 1. The molecule has 2 saturated heterocycles. The molecule has 28 heteroatoms. The SMILES string of the molecule is COC(=O)Nc1nc2ccc(C(=O)c3cccs3)cc2[nH]1.COC(=O)[C@@H]1c2cc3c(c(O)c2[C@@H](O[C@@H]2O[C@@H](C)[C@H](OC)[C@@](C)(O)[C@H]2OC)C[C@]1(C)O)C(=O)c1c(O)cc2c(c1C3=O)C[C@H]1C[C@H](N(C)C)C[C@]2(C)O1.COc1c(C)c2c(c(O)c1C/C=C(\C)CCC(=O)O)C(=O)OC2.Cl. The van der Waals surface area contributed by atoms with Crippen LogP contribution in [0, 0.1) is 6.92 Å². The van der Waals surface area contributed by atoms with E-state index in [9.17, 15) is 59.1 Å². The number of phenols is 3. The molecule has 0 saturated carbocycles. The van der Waals surface area contributed by atoms with Gasteiger partial charge < -0.3 is 83.2 Å². The number of H-pyrrole nitrogens is 1. The molecule has 11 atom stereocenters. The molecule has 2 fully saturated rings. The summed E-state index contributed by atoms with van der Waals surface area (Å²) in [6.07, 6.45) is -1.99. The molecule has 0 unspecified atom stereocenters. The highest BCUT2D eigenvalue weighted by Crippen LogP contribution is 2.56. The Kier molecular flexibility index (Phi) is 21.7. The lowest BCUT2D eigenvalue weighted by Gasteiger charge is -2.50. The van der Waals surface area contributed by atoms with E-state index in [1.165, 1.54) is 65.8 Å². The number of ether oxygens (including phenoxy) is 9. The number of aliphatic carboxylic acids is 1. The number of anilines is 1. The maximum Gasteiger partial charge on any atom is 0.413 e. The van der Waals surface area contributed by atoms with Crippen LogP contribution in [0.4, 0.5) is 10.7 Å². The molecule has 0 spiro atoms. The normalized spacial score (nSPS) is 25.7. The second-order valence-electron chi connectivity index (χ2n) is 25.9. The van der Waals surface area contributed by atoms with Crippen molar-refractivity contribution in [2.24, 2.45) is 0 Å². The van der Waals surface area contributed by atoms with Crippen LogP contribution in [0.25, 0.3) is 11.0 Å². The fraction of sp³-hybridized carbons (Fsp3) is 0.457. The van der Waals surface area contributed by atoms with Gasteiger partial charge in [0.25, 0.3) is 0 Å². The van der Waals surface area contributed by atoms with Gasteiger partial charge in [-0.1, -0.05) is 17.7 Å². The molecule has 6 aromatic rings. The minimum absolute atomic E-state index is 0. The molecule has 6 aliphatic rings. The Bertz CT molecular complexity index is 4180. The van der Waals surface area contributed by atoms with Crippen molar-refractivity contribution >= 4 is 82.1 Å². The van der Waals surface area contributed by atoms with Crippen LogP contribution in [0.1, 0.15) is 175 Å². The Hall–Kier alpha value is -8.35. The third-order valence-corrected chi connectivity index (χ3v) is 20.1. The molecule has 6 heterocycles. The van der Waals surface area contributed by atoms with E-state index in [1.54, 1.807) is 31.2 Å². The number of carboxylic acids is 1. The molecule has 4 aliphatic heterocycles. The molecule has 526 valence electrons. The number of nitrogens with zero attached hydrogens (tertiary/aromatic N) is 2. The Morgan fingerprint density at radius 1 is 0.878 bits per heavy atom. The largest absolute Gasteiger partial charge is 0.507 e.